The number of nitrogens with one attached hydrogen (secondary N) is 1. The summed E-state index contributed by atoms with van der Waals surface area (Å²) in [6.07, 6.45) is 2.47. The van der Waals surface area contributed by atoms with Gasteiger partial charge in [-0.15, -0.1) is 0 Å². The van der Waals surface area contributed by atoms with Crippen molar-refractivity contribution >= 4 is 11.4 Å². The molecule has 1 N–H and O–H groups in total. The van der Waals surface area contributed by atoms with Crippen LogP contribution in [0.15, 0.2) is 24.3 Å². The van der Waals surface area contributed by atoms with Crippen molar-refractivity contribution in [2.45, 2.75) is 33.6 Å². The van der Waals surface area contributed by atoms with Gasteiger partial charge in [0, 0.05) is 31.0 Å². The van der Waals surface area contributed by atoms with E-state index < -0.39 is 0 Å². The summed E-state index contributed by atoms with van der Waals surface area (Å²) in [6.45, 7) is 9.80. The van der Waals surface area contributed by atoms with E-state index in [9.17, 15) is 0 Å². The highest BCUT2D eigenvalue weighted by atomic mass is 15.1. The van der Waals surface area contributed by atoms with E-state index in [1.807, 2.05) is 0 Å². The van der Waals surface area contributed by atoms with Crippen LogP contribution in [0, 0.1) is 0 Å². The highest BCUT2D eigenvalue weighted by molar-refractivity contribution is 5.58. The minimum Gasteiger partial charge on any atom is -0.385 e. The molecule has 90 valence electrons. The number of nitrogens with zero attached hydrogens (tertiary/aromatic N) is 1. The lowest BCUT2D eigenvalue weighted by Crippen LogP contribution is -2.21. The Morgan fingerprint density at radius 3 is 2.50 bits per heavy atom. The van der Waals surface area contributed by atoms with Crippen LogP contribution in [-0.2, 0) is 0 Å². The topological polar surface area (TPSA) is 15.3 Å². The van der Waals surface area contributed by atoms with Crippen LogP contribution >= 0.6 is 0 Å². The summed E-state index contributed by atoms with van der Waals surface area (Å²) in [6, 6.07) is 8.69. The largest absolute Gasteiger partial charge is 0.385 e. The summed E-state index contributed by atoms with van der Waals surface area (Å²) in [4.78, 5) is 2.37. The maximum atomic E-state index is 3.46. The first-order valence-corrected chi connectivity index (χ1v) is 6.40. The maximum Gasteiger partial charge on any atom is 0.0386 e. The normalized spacial score (nSPS) is 10.2. The quantitative estimate of drug-likeness (QED) is 0.704. The number of benzene rings is 1. The molecule has 0 unspecified atom stereocenters. The lowest BCUT2D eigenvalue weighted by Gasteiger charge is -2.21. The van der Waals surface area contributed by atoms with E-state index >= 15 is 0 Å². The van der Waals surface area contributed by atoms with Crippen LogP contribution in [0.5, 0.6) is 0 Å². The molecule has 0 amide bonds. The molecule has 1 rings (SSSR count). The second-order valence-corrected chi connectivity index (χ2v) is 4.00. The van der Waals surface area contributed by atoms with Crippen LogP contribution in [0.4, 0.5) is 11.4 Å². The molecule has 2 nitrogen and oxygen atoms in total. The molecule has 0 aromatic heterocycles. The van der Waals surface area contributed by atoms with Gasteiger partial charge < -0.3 is 10.2 Å². The summed E-state index contributed by atoms with van der Waals surface area (Å²) in [5.41, 5.74) is 2.55. The molecule has 0 saturated carbocycles. The van der Waals surface area contributed by atoms with Gasteiger partial charge >= 0.3 is 0 Å². The third-order valence-corrected chi connectivity index (χ3v) is 2.83. The SMILES string of the molecule is CCCCNc1cccc(N(CC)CC)c1. The molecular weight excluding hydrogens is 196 g/mol. The first-order valence-electron chi connectivity index (χ1n) is 6.40. The van der Waals surface area contributed by atoms with Gasteiger partial charge in [-0.1, -0.05) is 19.4 Å². The fraction of sp³-hybridized carbons (Fsp3) is 0.571. The third kappa shape index (κ3) is 3.76. The summed E-state index contributed by atoms with van der Waals surface area (Å²) >= 11 is 0. The van der Waals surface area contributed by atoms with E-state index in [1.165, 1.54) is 24.2 Å². The summed E-state index contributed by atoms with van der Waals surface area (Å²) in [5.74, 6) is 0. The first kappa shape index (κ1) is 12.9. The van der Waals surface area contributed by atoms with E-state index in [-0.39, 0.29) is 0 Å². The molecular formula is C14H24N2. The molecule has 0 bridgehead atoms. The van der Waals surface area contributed by atoms with Crippen molar-refractivity contribution in [1.82, 2.24) is 0 Å². The Balaban J connectivity index is 2.62. The molecule has 0 aliphatic rings. The predicted molar refractivity (Wildman–Crippen MR) is 73.4 cm³/mol. The molecule has 16 heavy (non-hydrogen) atoms. The number of anilines is 2. The van der Waals surface area contributed by atoms with Gasteiger partial charge in [-0.05, 0) is 38.5 Å². The van der Waals surface area contributed by atoms with Crippen molar-refractivity contribution in [3.05, 3.63) is 24.3 Å². The van der Waals surface area contributed by atoms with Gasteiger partial charge in [-0.25, -0.2) is 0 Å². The molecule has 0 spiro atoms. The van der Waals surface area contributed by atoms with Crippen molar-refractivity contribution in [3.8, 4) is 0 Å². The maximum absolute atomic E-state index is 3.46. The van der Waals surface area contributed by atoms with Crippen LogP contribution in [0.25, 0.3) is 0 Å². The Morgan fingerprint density at radius 1 is 1.12 bits per heavy atom. The van der Waals surface area contributed by atoms with Crippen molar-refractivity contribution in [2.24, 2.45) is 0 Å². The minimum absolute atomic E-state index is 1.06. The summed E-state index contributed by atoms with van der Waals surface area (Å²) < 4.78 is 0. The van der Waals surface area contributed by atoms with Crippen LogP contribution < -0.4 is 10.2 Å². The fourth-order valence-corrected chi connectivity index (χ4v) is 1.81. The zero-order chi connectivity index (χ0) is 11.8. The van der Waals surface area contributed by atoms with Gasteiger partial charge in [0.25, 0.3) is 0 Å². The first-order chi connectivity index (χ1) is 7.81. The third-order valence-electron chi connectivity index (χ3n) is 2.83. The lowest BCUT2D eigenvalue weighted by atomic mass is 10.2. The Hall–Kier alpha value is -1.18. The van der Waals surface area contributed by atoms with Gasteiger partial charge in [-0.2, -0.15) is 0 Å². The fourth-order valence-electron chi connectivity index (χ4n) is 1.81. The van der Waals surface area contributed by atoms with Crippen LogP contribution in [-0.4, -0.2) is 19.6 Å². The highest BCUT2D eigenvalue weighted by Crippen LogP contribution is 2.19. The molecule has 0 aliphatic carbocycles. The van der Waals surface area contributed by atoms with E-state index in [0.29, 0.717) is 0 Å². The standard InChI is InChI=1S/C14H24N2/c1-4-7-11-15-13-9-8-10-14(12-13)16(5-2)6-3/h8-10,12,15H,4-7,11H2,1-3H3. The van der Waals surface area contributed by atoms with E-state index in [4.69, 9.17) is 0 Å². The Bertz CT molecular complexity index is 293. The van der Waals surface area contributed by atoms with Crippen LogP contribution in [0.2, 0.25) is 0 Å². The Labute approximate surface area is 99.7 Å². The van der Waals surface area contributed by atoms with E-state index in [2.05, 4.69) is 55.3 Å². The van der Waals surface area contributed by atoms with Gasteiger partial charge in [0.1, 0.15) is 0 Å². The molecule has 0 atom stereocenters. The molecule has 0 fully saturated rings. The summed E-state index contributed by atoms with van der Waals surface area (Å²) in [7, 11) is 0. The molecule has 1 aromatic carbocycles. The molecule has 1 aromatic rings. The van der Waals surface area contributed by atoms with Crippen LogP contribution in [0.3, 0.4) is 0 Å². The average molecular weight is 220 g/mol. The summed E-state index contributed by atoms with van der Waals surface area (Å²) in [5, 5.41) is 3.46. The van der Waals surface area contributed by atoms with Crippen molar-refractivity contribution in [3.63, 3.8) is 0 Å². The van der Waals surface area contributed by atoms with Gasteiger partial charge in [0.15, 0.2) is 0 Å². The highest BCUT2D eigenvalue weighted by Gasteiger charge is 2.01. The molecule has 0 saturated heterocycles. The van der Waals surface area contributed by atoms with Crippen molar-refractivity contribution in [1.29, 1.82) is 0 Å². The Morgan fingerprint density at radius 2 is 1.88 bits per heavy atom. The molecule has 2 heteroatoms. The smallest absolute Gasteiger partial charge is 0.0386 e. The van der Waals surface area contributed by atoms with Gasteiger partial charge in [0.05, 0.1) is 0 Å². The second-order valence-electron chi connectivity index (χ2n) is 4.00. The average Bonchev–Trinajstić information content (AvgIpc) is 2.32. The minimum atomic E-state index is 1.06. The molecule has 0 aliphatic heterocycles. The zero-order valence-electron chi connectivity index (χ0n) is 10.8. The van der Waals surface area contributed by atoms with Crippen LogP contribution in [0.1, 0.15) is 33.6 Å². The molecule has 0 radical (unpaired) electrons. The number of unbranched alkanes of at least 4 members (excludes halogenated alkanes) is 1. The Kier molecular flexibility index (Phi) is 5.76. The number of hydrogen-bond acceptors (Lipinski definition) is 2. The zero-order valence-corrected chi connectivity index (χ0v) is 10.8. The predicted octanol–water partition coefficient (Wildman–Crippen LogP) is 3.74. The van der Waals surface area contributed by atoms with E-state index in [0.717, 1.165) is 19.6 Å². The monoisotopic (exact) mass is 220 g/mol. The van der Waals surface area contributed by atoms with Gasteiger partial charge in [-0.3, -0.25) is 0 Å². The van der Waals surface area contributed by atoms with Gasteiger partial charge in [0.2, 0.25) is 0 Å². The lowest BCUT2D eigenvalue weighted by molar-refractivity contribution is 0.833. The molecule has 0 heterocycles. The number of rotatable bonds is 7. The van der Waals surface area contributed by atoms with Crippen molar-refractivity contribution < 1.29 is 0 Å². The van der Waals surface area contributed by atoms with E-state index in [1.54, 1.807) is 0 Å². The number of hydrogen-bond donors (Lipinski definition) is 1. The van der Waals surface area contributed by atoms with Crippen molar-refractivity contribution in [2.75, 3.05) is 29.9 Å². The second kappa shape index (κ2) is 7.15.